The van der Waals surface area contributed by atoms with Crippen LogP contribution in [0.25, 0.3) is 0 Å². The first-order valence-corrected chi connectivity index (χ1v) is 11.8. The lowest BCUT2D eigenvalue weighted by atomic mass is 10.1. The Balaban J connectivity index is 1.61. The highest BCUT2D eigenvalue weighted by atomic mass is 16.5. The fraction of sp³-hybridized carbons (Fsp3) is 0.250. The molecule has 10 nitrogen and oxygen atoms in total. The van der Waals surface area contributed by atoms with Crippen molar-refractivity contribution in [3.8, 4) is 23.0 Å². The SMILES string of the molecule is COc1ccc(NC(=O)C[C@@H]2C(=O)N(c3ccc(OC)cc3)C(=O)N2Cc2ccc(OC)c(OC)c2)cc1. The molecule has 3 aromatic rings. The molecule has 198 valence electrons. The Labute approximate surface area is 220 Å². The lowest BCUT2D eigenvalue weighted by Gasteiger charge is -2.22. The highest BCUT2D eigenvalue weighted by Gasteiger charge is 2.46. The Morgan fingerprint density at radius 1 is 0.789 bits per heavy atom. The Hall–Kier alpha value is -4.73. The number of nitrogens with zero attached hydrogens (tertiary/aromatic N) is 2. The van der Waals surface area contributed by atoms with E-state index in [4.69, 9.17) is 18.9 Å². The minimum atomic E-state index is -1.02. The number of imide groups is 1. The van der Waals surface area contributed by atoms with E-state index in [0.29, 0.717) is 39.9 Å². The van der Waals surface area contributed by atoms with Gasteiger partial charge in [0.05, 0.1) is 40.5 Å². The molecule has 0 radical (unpaired) electrons. The molecule has 0 unspecified atom stereocenters. The molecule has 0 spiro atoms. The summed E-state index contributed by atoms with van der Waals surface area (Å²) in [5.74, 6) is 1.36. The Kier molecular flexibility index (Phi) is 8.00. The third-order valence-electron chi connectivity index (χ3n) is 6.20. The molecule has 0 saturated carbocycles. The fourth-order valence-corrected chi connectivity index (χ4v) is 4.22. The number of ether oxygens (including phenoxy) is 4. The normalized spacial score (nSPS) is 14.9. The highest BCUT2D eigenvalue weighted by molar-refractivity contribution is 6.22. The van der Waals surface area contributed by atoms with E-state index in [-0.39, 0.29) is 13.0 Å². The molecule has 0 aliphatic carbocycles. The van der Waals surface area contributed by atoms with Crippen molar-refractivity contribution < 1.29 is 33.3 Å². The summed E-state index contributed by atoms with van der Waals surface area (Å²) in [6, 6.07) is 17.1. The molecule has 38 heavy (non-hydrogen) atoms. The average molecular weight is 520 g/mol. The molecule has 4 amide bonds. The van der Waals surface area contributed by atoms with Crippen LogP contribution in [-0.4, -0.2) is 57.2 Å². The van der Waals surface area contributed by atoms with Gasteiger partial charge in [-0.15, -0.1) is 0 Å². The van der Waals surface area contributed by atoms with Crippen molar-refractivity contribution in [3.05, 3.63) is 72.3 Å². The van der Waals surface area contributed by atoms with Gasteiger partial charge in [-0.05, 0) is 66.2 Å². The maximum absolute atomic E-state index is 13.6. The van der Waals surface area contributed by atoms with Gasteiger partial charge in [0.1, 0.15) is 17.5 Å². The number of carbonyl (C=O) groups excluding carboxylic acids is 3. The number of benzene rings is 3. The summed E-state index contributed by atoms with van der Waals surface area (Å²) in [6.45, 7) is 0.0814. The van der Waals surface area contributed by atoms with E-state index in [2.05, 4.69) is 5.32 Å². The van der Waals surface area contributed by atoms with Gasteiger partial charge in [-0.1, -0.05) is 6.07 Å². The van der Waals surface area contributed by atoms with Crippen molar-refractivity contribution in [1.29, 1.82) is 0 Å². The van der Waals surface area contributed by atoms with Gasteiger partial charge in [0.15, 0.2) is 11.5 Å². The van der Waals surface area contributed by atoms with E-state index in [1.807, 2.05) is 0 Å². The summed E-state index contributed by atoms with van der Waals surface area (Å²) >= 11 is 0. The summed E-state index contributed by atoms with van der Waals surface area (Å²) in [5, 5.41) is 2.79. The predicted molar refractivity (Wildman–Crippen MR) is 141 cm³/mol. The van der Waals surface area contributed by atoms with Gasteiger partial charge >= 0.3 is 6.03 Å². The van der Waals surface area contributed by atoms with E-state index in [1.54, 1.807) is 73.8 Å². The van der Waals surface area contributed by atoms with E-state index in [9.17, 15) is 14.4 Å². The predicted octanol–water partition coefficient (Wildman–Crippen LogP) is 4.09. The number of rotatable bonds is 10. The smallest absolute Gasteiger partial charge is 0.332 e. The molecule has 10 heteroatoms. The first kappa shape index (κ1) is 26.3. The zero-order valence-electron chi connectivity index (χ0n) is 21.6. The van der Waals surface area contributed by atoms with Crippen molar-refractivity contribution in [2.24, 2.45) is 0 Å². The third-order valence-corrected chi connectivity index (χ3v) is 6.20. The van der Waals surface area contributed by atoms with E-state index < -0.39 is 23.9 Å². The molecular formula is C28H29N3O7. The van der Waals surface area contributed by atoms with Gasteiger partial charge in [-0.25, -0.2) is 9.69 Å². The second-order valence-corrected chi connectivity index (χ2v) is 8.47. The van der Waals surface area contributed by atoms with Crippen LogP contribution >= 0.6 is 0 Å². The van der Waals surface area contributed by atoms with Crippen LogP contribution in [0.4, 0.5) is 16.2 Å². The second kappa shape index (κ2) is 11.5. The number of hydrogen-bond donors (Lipinski definition) is 1. The first-order valence-electron chi connectivity index (χ1n) is 11.8. The number of methoxy groups -OCH3 is 4. The Morgan fingerprint density at radius 3 is 1.97 bits per heavy atom. The summed E-state index contributed by atoms with van der Waals surface area (Å²) in [7, 11) is 6.13. The highest BCUT2D eigenvalue weighted by Crippen LogP contribution is 2.32. The van der Waals surface area contributed by atoms with Crippen LogP contribution in [-0.2, 0) is 16.1 Å². The summed E-state index contributed by atoms with van der Waals surface area (Å²) in [6.07, 6.45) is -0.226. The molecular weight excluding hydrogens is 490 g/mol. The lowest BCUT2D eigenvalue weighted by molar-refractivity contribution is -0.124. The largest absolute Gasteiger partial charge is 0.497 e. The zero-order valence-corrected chi connectivity index (χ0v) is 21.6. The van der Waals surface area contributed by atoms with Gasteiger partial charge < -0.3 is 29.2 Å². The molecule has 1 heterocycles. The summed E-state index contributed by atoms with van der Waals surface area (Å²) in [5.41, 5.74) is 1.64. The molecule has 3 aromatic carbocycles. The van der Waals surface area contributed by atoms with Gasteiger partial charge in [-0.2, -0.15) is 0 Å². The number of amides is 4. The molecule has 1 N–H and O–H groups in total. The third kappa shape index (κ3) is 5.49. The number of anilines is 2. The van der Waals surface area contributed by atoms with E-state index in [0.717, 1.165) is 4.90 Å². The summed E-state index contributed by atoms with van der Waals surface area (Å²) < 4.78 is 21.0. The maximum Gasteiger partial charge on any atom is 0.332 e. The van der Waals surface area contributed by atoms with Gasteiger partial charge in [-0.3, -0.25) is 9.59 Å². The molecule has 1 fully saturated rings. The van der Waals surface area contributed by atoms with Crippen LogP contribution in [0.1, 0.15) is 12.0 Å². The molecule has 4 rings (SSSR count). The van der Waals surface area contributed by atoms with Gasteiger partial charge in [0.2, 0.25) is 5.91 Å². The zero-order chi connectivity index (χ0) is 27.2. The monoisotopic (exact) mass is 519 g/mol. The maximum atomic E-state index is 13.6. The number of nitrogens with one attached hydrogen (secondary N) is 1. The molecule has 1 atom stereocenters. The van der Waals surface area contributed by atoms with Crippen LogP contribution in [0, 0.1) is 0 Å². The number of carbonyl (C=O) groups is 3. The molecule has 1 saturated heterocycles. The molecule has 0 bridgehead atoms. The Morgan fingerprint density at radius 2 is 1.39 bits per heavy atom. The van der Waals surface area contributed by atoms with Crippen molar-refractivity contribution in [2.75, 3.05) is 38.7 Å². The van der Waals surface area contributed by atoms with Crippen LogP contribution in [0.5, 0.6) is 23.0 Å². The first-order chi connectivity index (χ1) is 18.4. The number of hydrogen-bond acceptors (Lipinski definition) is 7. The van der Waals surface area contributed by atoms with Crippen LogP contribution in [0.3, 0.4) is 0 Å². The minimum absolute atomic E-state index is 0.0814. The standard InChI is InChI=1S/C28H29N3O7/c1-35-21-10-6-19(7-11-21)29-26(32)16-23-27(33)31(20-8-12-22(36-2)13-9-20)28(34)30(23)17-18-5-14-24(37-3)25(15-18)38-4/h5-15,23H,16-17H2,1-4H3,(H,29,32)/t23-/m1/s1. The van der Waals surface area contributed by atoms with Crippen LogP contribution in [0.15, 0.2) is 66.7 Å². The Bertz CT molecular complexity index is 1310. The minimum Gasteiger partial charge on any atom is -0.497 e. The van der Waals surface area contributed by atoms with Crippen molar-refractivity contribution in [1.82, 2.24) is 4.90 Å². The van der Waals surface area contributed by atoms with Crippen molar-refractivity contribution in [2.45, 2.75) is 19.0 Å². The molecule has 1 aliphatic heterocycles. The molecule has 0 aromatic heterocycles. The van der Waals surface area contributed by atoms with Crippen LogP contribution in [0.2, 0.25) is 0 Å². The van der Waals surface area contributed by atoms with Gasteiger partial charge in [0, 0.05) is 12.2 Å². The summed E-state index contributed by atoms with van der Waals surface area (Å²) in [4.78, 5) is 42.6. The number of urea groups is 1. The average Bonchev–Trinajstić information content (AvgIpc) is 3.17. The quantitative estimate of drug-likeness (QED) is 0.402. The lowest BCUT2D eigenvalue weighted by Crippen LogP contribution is -2.37. The van der Waals surface area contributed by atoms with Gasteiger partial charge in [0.25, 0.3) is 5.91 Å². The van der Waals surface area contributed by atoms with Crippen molar-refractivity contribution in [3.63, 3.8) is 0 Å². The second-order valence-electron chi connectivity index (χ2n) is 8.47. The van der Waals surface area contributed by atoms with Crippen LogP contribution < -0.4 is 29.2 Å². The van der Waals surface area contributed by atoms with Crippen molar-refractivity contribution >= 4 is 29.2 Å². The van der Waals surface area contributed by atoms with E-state index in [1.165, 1.54) is 26.2 Å². The fourth-order valence-electron chi connectivity index (χ4n) is 4.22. The van der Waals surface area contributed by atoms with E-state index >= 15 is 0 Å². The topological polar surface area (TPSA) is 107 Å². The molecule has 1 aliphatic rings.